The lowest BCUT2D eigenvalue weighted by Gasteiger charge is -2.10. The van der Waals surface area contributed by atoms with E-state index in [1.54, 1.807) is 11.3 Å². The minimum Gasteiger partial charge on any atom is -0.309 e. The Hall–Kier alpha value is -4.34. The van der Waals surface area contributed by atoms with Crippen molar-refractivity contribution in [3.8, 4) is 11.4 Å². The molecule has 3 heterocycles. The number of fused-ring (bicyclic) bond motifs is 7. The van der Waals surface area contributed by atoms with Gasteiger partial charge < -0.3 is 9.13 Å². The summed E-state index contributed by atoms with van der Waals surface area (Å²) in [5, 5.41) is 8.63. The van der Waals surface area contributed by atoms with Crippen LogP contribution >= 0.6 is 11.3 Å². The third-order valence-electron chi connectivity index (χ3n) is 7.18. The van der Waals surface area contributed by atoms with Gasteiger partial charge >= 0.3 is 0 Å². The summed E-state index contributed by atoms with van der Waals surface area (Å²) in [4.78, 5) is 0. The lowest BCUT2D eigenvalue weighted by atomic mass is 10.1. The van der Waals surface area contributed by atoms with Crippen molar-refractivity contribution in [1.29, 1.82) is 0 Å². The molecule has 0 saturated heterocycles. The van der Waals surface area contributed by atoms with E-state index in [2.05, 4.69) is 130 Å². The summed E-state index contributed by atoms with van der Waals surface area (Å²) in [5.41, 5.74) is 7.33. The maximum Gasteiger partial charge on any atom is 0.0555 e. The van der Waals surface area contributed by atoms with Crippen molar-refractivity contribution in [2.45, 2.75) is 0 Å². The molecule has 0 spiro atoms. The monoisotopic (exact) mass is 464 g/mol. The number of nitrogens with zero attached hydrogens (tertiary/aromatic N) is 2. The molecule has 35 heavy (non-hydrogen) atoms. The third-order valence-corrected chi connectivity index (χ3v) is 8.06. The van der Waals surface area contributed by atoms with E-state index in [-0.39, 0.29) is 0 Å². The van der Waals surface area contributed by atoms with Crippen molar-refractivity contribution >= 4 is 65.0 Å². The Morgan fingerprint density at radius 2 is 1.06 bits per heavy atom. The molecule has 0 atom stereocenters. The van der Waals surface area contributed by atoms with Crippen molar-refractivity contribution in [3.63, 3.8) is 0 Å². The minimum absolute atomic E-state index is 1.18. The van der Waals surface area contributed by atoms with Crippen LogP contribution in [0.3, 0.4) is 0 Å². The number of para-hydroxylation sites is 3. The van der Waals surface area contributed by atoms with Gasteiger partial charge in [0.15, 0.2) is 0 Å². The highest BCUT2D eigenvalue weighted by Crippen LogP contribution is 2.38. The van der Waals surface area contributed by atoms with Gasteiger partial charge in [0.05, 0.1) is 22.1 Å². The molecule has 0 aliphatic rings. The smallest absolute Gasteiger partial charge is 0.0555 e. The molecule has 5 aromatic carbocycles. The highest BCUT2D eigenvalue weighted by molar-refractivity contribution is 7.17. The van der Waals surface area contributed by atoms with Gasteiger partial charge in [0.2, 0.25) is 0 Å². The molecule has 2 nitrogen and oxygen atoms in total. The fourth-order valence-electron chi connectivity index (χ4n) is 5.66. The van der Waals surface area contributed by atoms with E-state index in [1.165, 1.54) is 65.1 Å². The van der Waals surface area contributed by atoms with Crippen molar-refractivity contribution in [2.75, 3.05) is 0 Å². The lowest BCUT2D eigenvalue weighted by molar-refractivity contribution is 1.17. The maximum atomic E-state index is 2.43. The molecular weight excluding hydrogens is 444 g/mol. The molecule has 0 unspecified atom stereocenters. The van der Waals surface area contributed by atoms with Crippen LogP contribution in [0, 0.1) is 0 Å². The molecule has 0 radical (unpaired) electrons. The van der Waals surface area contributed by atoms with Crippen LogP contribution in [0.15, 0.2) is 121 Å². The number of benzene rings is 5. The highest BCUT2D eigenvalue weighted by Gasteiger charge is 2.16. The van der Waals surface area contributed by atoms with Crippen LogP contribution in [0.25, 0.3) is 65.1 Å². The van der Waals surface area contributed by atoms with Crippen molar-refractivity contribution in [1.82, 2.24) is 9.13 Å². The van der Waals surface area contributed by atoms with E-state index >= 15 is 0 Å². The van der Waals surface area contributed by atoms with Gasteiger partial charge in [0.1, 0.15) is 0 Å². The zero-order valence-electron chi connectivity index (χ0n) is 18.8. The summed E-state index contributed by atoms with van der Waals surface area (Å²) < 4.78 is 6.12. The Morgan fingerprint density at radius 1 is 0.429 bits per heavy atom. The van der Waals surface area contributed by atoms with Crippen LogP contribution in [-0.4, -0.2) is 9.13 Å². The van der Waals surface area contributed by atoms with E-state index in [0.717, 1.165) is 0 Å². The normalized spacial score (nSPS) is 12.0. The van der Waals surface area contributed by atoms with E-state index in [0.29, 0.717) is 0 Å². The van der Waals surface area contributed by atoms with Gasteiger partial charge in [-0.1, -0.05) is 54.6 Å². The second-order valence-electron chi connectivity index (χ2n) is 9.07. The summed E-state index contributed by atoms with van der Waals surface area (Å²) in [6.07, 6.45) is 0. The number of hydrogen-bond acceptors (Lipinski definition) is 1. The molecule has 3 aromatic heterocycles. The first-order chi connectivity index (χ1) is 17.4. The molecule has 8 aromatic rings. The Morgan fingerprint density at radius 3 is 1.83 bits per heavy atom. The summed E-state index contributed by atoms with van der Waals surface area (Å²) >= 11 is 1.80. The Kier molecular flexibility index (Phi) is 3.85. The molecule has 0 N–H and O–H groups in total. The van der Waals surface area contributed by atoms with Crippen LogP contribution in [0.1, 0.15) is 0 Å². The SMILES string of the molecule is c1ccc(-n2c3ccccc3c3cc(-n4c5ccccc5c5cc6ccsc6cc54)ccc32)cc1. The molecule has 0 bridgehead atoms. The molecule has 0 aliphatic heterocycles. The van der Waals surface area contributed by atoms with Crippen LogP contribution < -0.4 is 0 Å². The molecule has 0 amide bonds. The molecule has 3 heteroatoms. The first kappa shape index (κ1) is 19.0. The highest BCUT2D eigenvalue weighted by atomic mass is 32.1. The molecule has 0 fully saturated rings. The minimum atomic E-state index is 1.18. The molecular formula is C32H20N2S. The maximum absolute atomic E-state index is 2.43. The quantitative estimate of drug-likeness (QED) is 0.241. The average molecular weight is 465 g/mol. The lowest BCUT2D eigenvalue weighted by Crippen LogP contribution is -1.95. The van der Waals surface area contributed by atoms with Gasteiger partial charge in [-0.15, -0.1) is 11.3 Å². The molecule has 8 rings (SSSR count). The Balaban J connectivity index is 1.49. The summed E-state index contributed by atoms with van der Waals surface area (Å²) in [7, 11) is 0. The van der Waals surface area contributed by atoms with Crippen molar-refractivity contribution in [2.24, 2.45) is 0 Å². The van der Waals surface area contributed by atoms with Gasteiger partial charge in [-0.25, -0.2) is 0 Å². The van der Waals surface area contributed by atoms with Gasteiger partial charge in [0, 0.05) is 37.6 Å². The first-order valence-electron chi connectivity index (χ1n) is 11.9. The average Bonchev–Trinajstić information content (AvgIpc) is 3.59. The number of rotatable bonds is 2. The van der Waals surface area contributed by atoms with Gasteiger partial charge in [0.25, 0.3) is 0 Å². The molecule has 0 aliphatic carbocycles. The predicted octanol–water partition coefficient (Wildman–Crippen LogP) is 9.10. The zero-order valence-corrected chi connectivity index (χ0v) is 19.7. The van der Waals surface area contributed by atoms with Crippen LogP contribution in [0.4, 0.5) is 0 Å². The fourth-order valence-corrected chi connectivity index (χ4v) is 6.46. The Labute approximate surface area is 205 Å². The summed E-state index contributed by atoms with van der Waals surface area (Å²) in [6, 6.07) is 41.9. The van der Waals surface area contributed by atoms with Crippen LogP contribution in [0.5, 0.6) is 0 Å². The molecule has 0 saturated carbocycles. The van der Waals surface area contributed by atoms with Crippen LogP contribution in [0.2, 0.25) is 0 Å². The molecule has 164 valence electrons. The Bertz CT molecular complexity index is 2050. The van der Waals surface area contributed by atoms with Crippen molar-refractivity contribution in [3.05, 3.63) is 121 Å². The first-order valence-corrected chi connectivity index (χ1v) is 12.7. The predicted molar refractivity (Wildman–Crippen MR) is 151 cm³/mol. The standard InChI is InChI=1S/C32H20N2S/c1-2-8-22(9-3-1)33-28-12-6-5-11-25(28)27-19-23(14-15-30(27)33)34-29-13-7-4-10-24(29)26-18-21-16-17-35-32(21)20-31(26)34/h1-20H. The van der Waals surface area contributed by atoms with Gasteiger partial charge in [-0.3, -0.25) is 0 Å². The summed E-state index contributed by atoms with van der Waals surface area (Å²) in [5.74, 6) is 0. The van der Waals surface area contributed by atoms with Crippen LogP contribution in [-0.2, 0) is 0 Å². The second kappa shape index (κ2) is 7.08. The fraction of sp³-hybridized carbons (Fsp3) is 0. The van der Waals surface area contributed by atoms with E-state index in [9.17, 15) is 0 Å². The van der Waals surface area contributed by atoms with E-state index in [4.69, 9.17) is 0 Å². The number of hydrogen-bond donors (Lipinski definition) is 0. The summed E-state index contributed by atoms with van der Waals surface area (Å²) in [6.45, 7) is 0. The van der Waals surface area contributed by atoms with E-state index in [1.807, 2.05) is 0 Å². The third kappa shape index (κ3) is 2.64. The largest absolute Gasteiger partial charge is 0.309 e. The van der Waals surface area contributed by atoms with Gasteiger partial charge in [-0.2, -0.15) is 0 Å². The van der Waals surface area contributed by atoms with Crippen molar-refractivity contribution < 1.29 is 0 Å². The van der Waals surface area contributed by atoms with Gasteiger partial charge in [-0.05, 0) is 71.4 Å². The zero-order chi connectivity index (χ0) is 22.9. The van der Waals surface area contributed by atoms with E-state index < -0.39 is 0 Å². The number of aromatic nitrogens is 2. The topological polar surface area (TPSA) is 9.86 Å². The number of thiophene rings is 1. The second-order valence-corrected chi connectivity index (χ2v) is 10.0.